The van der Waals surface area contributed by atoms with Crippen molar-refractivity contribution in [1.29, 1.82) is 0 Å². The lowest BCUT2D eigenvalue weighted by Gasteiger charge is -2.20. The molecular formula is C18H9Cl3N3O7P. The van der Waals surface area contributed by atoms with Gasteiger partial charge < -0.3 is 4.57 Å². The van der Waals surface area contributed by atoms with Gasteiger partial charge in [-0.1, -0.05) is 34.8 Å². The van der Waals surface area contributed by atoms with E-state index in [1.807, 2.05) is 0 Å². The fourth-order valence-electron chi connectivity index (χ4n) is 2.96. The molecule has 0 spiro atoms. The third-order valence-electron chi connectivity index (χ3n) is 4.47. The molecule has 3 aromatic carbocycles. The average molecular weight is 517 g/mol. The Bertz CT molecular complexity index is 1190. The van der Waals surface area contributed by atoms with Crippen molar-refractivity contribution in [1.82, 2.24) is 0 Å². The van der Waals surface area contributed by atoms with Crippen LogP contribution in [0.4, 0.5) is 17.1 Å². The molecule has 3 aromatic rings. The predicted octanol–water partition coefficient (Wildman–Crippen LogP) is 5.01. The Balaban J connectivity index is 2.42. The maximum Gasteiger partial charge on any atom is 0.288 e. The number of nitro groups is 3. The molecule has 0 amide bonds. The highest BCUT2D eigenvalue weighted by molar-refractivity contribution is 7.85. The van der Waals surface area contributed by atoms with Crippen LogP contribution in [0.1, 0.15) is 0 Å². The maximum atomic E-state index is 14.5. The van der Waals surface area contributed by atoms with E-state index in [4.69, 9.17) is 34.8 Å². The van der Waals surface area contributed by atoms with Crippen molar-refractivity contribution < 1.29 is 19.3 Å². The molecule has 10 nitrogen and oxygen atoms in total. The molecule has 32 heavy (non-hydrogen) atoms. The molecule has 0 aromatic heterocycles. The van der Waals surface area contributed by atoms with Crippen molar-refractivity contribution in [2.45, 2.75) is 0 Å². The molecule has 0 heterocycles. The summed E-state index contributed by atoms with van der Waals surface area (Å²) in [4.78, 5) is 31.7. The molecular weight excluding hydrogens is 508 g/mol. The van der Waals surface area contributed by atoms with Gasteiger partial charge in [-0.3, -0.25) is 30.3 Å². The van der Waals surface area contributed by atoms with Gasteiger partial charge in [-0.15, -0.1) is 0 Å². The van der Waals surface area contributed by atoms with Gasteiger partial charge in [-0.25, -0.2) is 0 Å². The Morgan fingerprint density at radius 2 is 0.812 bits per heavy atom. The van der Waals surface area contributed by atoms with E-state index in [0.717, 1.165) is 36.4 Å². The third-order valence-corrected chi connectivity index (χ3v) is 8.45. The van der Waals surface area contributed by atoms with Gasteiger partial charge in [0.2, 0.25) is 0 Å². The maximum absolute atomic E-state index is 14.5. The predicted molar refractivity (Wildman–Crippen MR) is 121 cm³/mol. The van der Waals surface area contributed by atoms with Crippen LogP contribution in [0.25, 0.3) is 0 Å². The van der Waals surface area contributed by atoms with Gasteiger partial charge in [0.1, 0.15) is 15.1 Å². The molecule has 0 N–H and O–H groups in total. The van der Waals surface area contributed by atoms with Crippen molar-refractivity contribution in [3.05, 3.63) is 100 Å². The minimum Gasteiger partial charge on any atom is -0.309 e. The summed E-state index contributed by atoms with van der Waals surface area (Å²) in [5, 5.41) is 33.1. The molecule has 0 unspecified atom stereocenters. The van der Waals surface area contributed by atoms with E-state index in [0.29, 0.717) is 0 Å². The molecule has 0 aliphatic carbocycles. The second-order valence-electron chi connectivity index (χ2n) is 6.29. The van der Waals surface area contributed by atoms with Crippen molar-refractivity contribution in [3.8, 4) is 0 Å². The van der Waals surface area contributed by atoms with Gasteiger partial charge in [0, 0.05) is 34.1 Å². The van der Waals surface area contributed by atoms with Crippen LogP contribution in [0.5, 0.6) is 0 Å². The van der Waals surface area contributed by atoms with Crippen LogP contribution in [-0.2, 0) is 4.57 Å². The van der Waals surface area contributed by atoms with Crippen molar-refractivity contribution in [2.24, 2.45) is 0 Å². The first-order valence-corrected chi connectivity index (χ1v) is 11.2. The van der Waals surface area contributed by atoms with Crippen LogP contribution in [0.15, 0.2) is 54.6 Å². The van der Waals surface area contributed by atoms with E-state index < -0.39 is 39.0 Å². The first-order valence-electron chi connectivity index (χ1n) is 8.40. The lowest BCUT2D eigenvalue weighted by atomic mass is 10.3. The zero-order valence-electron chi connectivity index (χ0n) is 15.5. The van der Waals surface area contributed by atoms with Crippen molar-refractivity contribution in [2.75, 3.05) is 0 Å². The first-order chi connectivity index (χ1) is 15.0. The smallest absolute Gasteiger partial charge is 0.288 e. The Morgan fingerprint density at radius 1 is 0.562 bits per heavy atom. The summed E-state index contributed by atoms with van der Waals surface area (Å²) in [5.41, 5.74) is -1.68. The van der Waals surface area contributed by atoms with Gasteiger partial charge in [0.25, 0.3) is 17.1 Å². The number of hydrogen-bond donors (Lipinski definition) is 0. The molecule has 0 radical (unpaired) electrons. The quantitative estimate of drug-likeness (QED) is 0.254. The zero-order valence-corrected chi connectivity index (χ0v) is 18.6. The molecule has 3 rings (SSSR count). The second-order valence-corrected chi connectivity index (χ2v) is 10.3. The molecule has 0 atom stereocenters. The Morgan fingerprint density at radius 3 is 1.03 bits per heavy atom. The number of benzene rings is 3. The van der Waals surface area contributed by atoms with Crippen LogP contribution in [0.3, 0.4) is 0 Å². The Labute approximate surface area is 194 Å². The van der Waals surface area contributed by atoms with Crippen molar-refractivity contribution >= 4 is 74.9 Å². The van der Waals surface area contributed by atoms with Crippen LogP contribution >= 0.6 is 41.9 Å². The molecule has 0 saturated carbocycles. The van der Waals surface area contributed by atoms with E-state index >= 15 is 0 Å². The highest BCUT2D eigenvalue weighted by atomic mass is 35.5. The van der Waals surface area contributed by atoms with Gasteiger partial charge in [0.15, 0.2) is 7.14 Å². The van der Waals surface area contributed by atoms with Crippen LogP contribution in [0.2, 0.25) is 15.1 Å². The number of halogens is 3. The fraction of sp³-hybridized carbons (Fsp3) is 0. The van der Waals surface area contributed by atoms with Crippen LogP contribution in [-0.4, -0.2) is 14.8 Å². The molecule has 14 heteroatoms. The van der Waals surface area contributed by atoms with Crippen LogP contribution in [0, 0.1) is 30.3 Å². The largest absolute Gasteiger partial charge is 0.309 e. The summed E-state index contributed by atoms with van der Waals surface area (Å²) < 4.78 is 14.5. The number of nitro benzene ring substituents is 3. The molecule has 0 fully saturated rings. The summed E-state index contributed by atoms with van der Waals surface area (Å²) in [6, 6.07) is 10.1. The number of hydrogen-bond acceptors (Lipinski definition) is 7. The molecule has 0 aliphatic heterocycles. The molecule has 0 bridgehead atoms. The second kappa shape index (κ2) is 8.84. The van der Waals surface area contributed by atoms with Gasteiger partial charge in [-0.2, -0.15) is 0 Å². The van der Waals surface area contributed by atoms with Crippen LogP contribution < -0.4 is 15.9 Å². The standard InChI is InChI=1S/C18H9Cl3N3O7P/c19-13-4-1-10(7-16(13)22(25)26)32(31,11-2-5-14(20)17(8-11)23(27)28)12-3-6-15(21)18(9-12)24(29)30/h1-9H. The van der Waals surface area contributed by atoms with Gasteiger partial charge in [0.05, 0.1) is 14.8 Å². The Hall–Kier alpha value is -3.04. The topological polar surface area (TPSA) is 146 Å². The normalized spacial score (nSPS) is 11.2. The molecule has 164 valence electrons. The minimum atomic E-state index is -4.13. The molecule has 0 saturated heterocycles. The lowest BCUT2D eigenvalue weighted by Crippen LogP contribution is -2.26. The fourth-order valence-corrected chi connectivity index (χ4v) is 6.18. The first kappa shape index (κ1) is 23.6. The van der Waals surface area contributed by atoms with E-state index in [1.165, 1.54) is 18.2 Å². The summed E-state index contributed by atoms with van der Waals surface area (Å²) in [5.74, 6) is 0. The van der Waals surface area contributed by atoms with E-state index in [9.17, 15) is 34.9 Å². The zero-order chi connectivity index (χ0) is 23.8. The average Bonchev–Trinajstić information content (AvgIpc) is 2.73. The summed E-state index contributed by atoms with van der Waals surface area (Å²) in [6.07, 6.45) is 0. The summed E-state index contributed by atoms with van der Waals surface area (Å²) in [7, 11) is -4.13. The highest BCUT2D eigenvalue weighted by Crippen LogP contribution is 2.46. The minimum absolute atomic E-state index is 0.123. The summed E-state index contributed by atoms with van der Waals surface area (Å²) in [6.45, 7) is 0. The lowest BCUT2D eigenvalue weighted by molar-refractivity contribution is -0.384. The third kappa shape index (κ3) is 4.18. The van der Waals surface area contributed by atoms with Crippen molar-refractivity contribution in [3.63, 3.8) is 0 Å². The van der Waals surface area contributed by atoms with Gasteiger partial charge >= 0.3 is 0 Å². The number of nitrogens with zero attached hydrogens (tertiary/aromatic N) is 3. The van der Waals surface area contributed by atoms with E-state index in [2.05, 4.69) is 0 Å². The monoisotopic (exact) mass is 515 g/mol. The molecule has 0 aliphatic rings. The highest BCUT2D eigenvalue weighted by Gasteiger charge is 2.35. The summed E-state index contributed by atoms with van der Waals surface area (Å²) >= 11 is 17.6. The van der Waals surface area contributed by atoms with E-state index in [1.54, 1.807) is 0 Å². The Kier molecular flexibility index (Phi) is 6.52. The van der Waals surface area contributed by atoms with Gasteiger partial charge in [-0.05, 0) is 36.4 Å². The SMILES string of the molecule is O=[N+]([O-])c1cc(P(=O)(c2ccc(Cl)c([N+](=O)[O-])c2)c2ccc(Cl)c([N+](=O)[O-])c2)ccc1Cl. The number of rotatable bonds is 6. The van der Waals surface area contributed by atoms with E-state index in [-0.39, 0.29) is 31.0 Å².